The fourth-order valence-electron chi connectivity index (χ4n) is 0.575. The average Bonchev–Trinajstić information content (AvgIpc) is 2.12. The van der Waals surface area contributed by atoms with E-state index in [1.165, 1.54) is 7.11 Å². The third-order valence-electron chi connectivity index (χ3n) is 1.19. The first-order chi connectivity index (χ1) is 5.65. The number of carbonyl (C=O) groups is 2. The zero-order chi connectivity index (χ0) is 9.56. The van der Waals surface area contributed by atoms with Crippen molar-refractivity contribution < 1.29 is 19.4 Å². The van der Waals surface area contributed by atoms with Gasteiger partial charge in [-0.25, -0.2) is 4.79 Å². The predicted molar refractivity (Wildman–Crippen MR) is 40.1 cm³/mol. The maximum absolute atomic E-state index is 10.8. The van der Waals surface area contributed by atoms with Crippen LogP contribution in [0.5, 0.6) is 0 Å². The smallest absolute Gasteiger partial charge is 0.330 e. The molecule has 0 aliphatic rings. The fourth-order valence-corrected chi connectivity index (χ4v) is 0.575. The van der Waals surface area contributed by atoms with Crippen molar-refractivity contribution in [3.05, 3.63) is 0 Å². The van der Waals surface area contributed by atoms with Gasteiger partial charge in [0.15, 0.2) is 6.04 Å². The molecule has 0 spiro atoms. The number of esters is 1. The number of hydrogen-bond donors (Lipinski definition) is 3. The number of hydrogen-bond acceptors (Lipinski definition) is 5. The standard InChI is InChI=1S/C6H12N2O4/c1-12-6(11)4(3-9)8-5(10)2-7/h4,9H,2-3,7H2,1H3,(H,8,10). The van der Waals surface area contributed by atoms with Gasteiger partial charge in [-0.3, -0.25) is 4.79 Å². The highest BCUT2D eigenvalue weighted by Crippen LogP contribution is 1.85. The third-order valence-corrected chi connectivity index (χ3v) is 1.19. The summed E-state index contributed by atoms with van der Waals surface area (Å²) in [5.74, 6) is -1.21. The summed E-state index contributed by atoms with van der Waals surface area (Å²) in [5.41, 5.74) is 4.97. The molecule has 4 N–H and O–H groups in total. The van der Waals surface area contributed by atoms with Crippen molar-refractivity contribution in [1.29, 1.82) is 0 Å². The molecule has 0 saturated heterocycles. The Morgan fingerprint density at radius 3 is 2.58 bits per heavy atom. The summed E-state index contributed by atoms with van der Waals surface area (Å²) in [6, 6.07) is -1.02. The molecule has 12 heavy (non-hydrogen) atoms. The Bertz CT molecular complexity index is 171. The van der Waals surface area contributed by atoms with E-state index in [1.807, 2.05) is 0 Å². The second-order valence-electron chi connectivity index (χ2n) is 2.03. The van der Waals surface area contributed by atoms with Gasteiger partial charge < -0.3 is 20.9 Å². The Morgan fingerprint density at radius 2 is 2.25 bits per heavy atom. The minimum Gasteiger partial charge on any atom is -0.467 e. The first kappa shape index (κ1) is 10.9. The van der Waals surface area contributed by atoms with Crippen LogP contribution in [0.15, 0.2) is 0 Å². The summed E-state index contributed by atoms with van der Waals surface area (Å²) >= 11 is 0. The molecule has 0 aliphatic heterocycles. The summed E-state index contributed by atoms with van der Waals surface area (Å²) in [5, 5.41) is 10.8. The molecule has 0 saturated carbocycles. The summed E-state index contributed by atoms with van der Waals surface area (Å²) in [4.78, 5) is 21.4. The molecule has 0 aromatic heterocycles. The molecule has 0 radical (unpaired) electrons. The van der Waals surface area contributed by atoms with Gasteiger partial charge in [0.05, 0.1) is 20.3 Å². The number of nitrogens with two attached hydrogens (primary N) is 1. The summed E-state index contributed by atoms with van der Waals surface area (Å²) in [6.07, 6.45) is 0. The van der Waals surface area contributed by atoms with Gasteiger partial charge in [0.2, 0.25) is 5.91 Å². The number of amides is 1. The molecule has 0 bridgehead atoms. The minimum absolute atomic E-state index is 0.229. The van der Waals surface area contributed by atoms with E-state index in [-0.39, 0.29) is 6.54 Å². The summed E-state index contributed by atoms with van der Waals surface area (Å²) in [7, 11) is 1.17. The van der Waals surface area contributed by atoms with E-state index in [2.05, 4.69) is 10.1 Å². The van der Waals surface area contributed by atoms with E-state index >= 15 is 0 Å². The second-order valence-corrected chi connectivity index (χ2v) is 2.03. The number of rotatable bonds is 4. The van der Waals surface area contributed by atoms with Crippen molar-refractivity contribution in [3.63, 3.8) is 0 Å². The second kappa shape index (κ2) is 5.50. The molecule has 1 unspecified atom stereocenters. The van der Waals surface area contributed by atoms with Crippen molar-refractivity contribution in [2.75, 3.05) is 20.3 Å². The van der Waals surface area contributed by atoms with Crippen LogP contribution in [0.1, 0.15) is 0 Å². The normalized spacial score (nSPS) is 11.9. The van der Waals surface area contributed by atoms with Crippen molar-refractivity contribution in [2.24, 2.45) is 5.73 Å². The molecule has 0 fully saturated rings. The van der Waals surface area contributed by atoms with Crippen LogP contribution in [0.3, 0.4) is 0 Å². The van der Waals surface area contributed by atoms with Crippen molar-refractivity contribution in [3.8, 4) is 0 Å². The molecule has 70 valence electrons. The third kappa shape index (κ3) is 3.31. The first-order valence-electron chi connectivity index (χ1n) is 3.33. The molecule has 0 aromatic rings. The highest BCUT2D eigenvalue weighted by atomic mass is 16.5. The number of carbonyl (C=O) groups excluding carboxylic acids is 2. The highest BCUT2D eigenvalue weighted by Gasteiger charge is 2.19. The van der Waals surface area contributed by atoms with Crippen LogP contribution < -0.4 is 11.1 Å². The van der Waals surface area contributed by atoms with Crippen LogP contribution in [-0.2, 0) is 14.3 Å². The Balaban J connectivity index is 3.99. The van der Waals surface area contributed by atoms with E-state index in [0.717, 1.165) is 0 Å². The van der Waals surface area contributed by atoms with Gasteiger partial charge >= 0.3 is 5.97 Å². The lowest BCUT2D eigenvalue weighted by atomic mass is 10.3. The SMILES string of the molecule is COC(=O)C(CO)NC(=O)CN. The van der Waals surface area contributed by atoms with Crippen LogP contribution >= 0.6 is 0 Å². The Kier molecular flexibility index (Phi) is 4.98. The number of nitrogens with one attached hydrogen (secondary N) is 1. The van der Waals surface area contributed by atoms with E-state index in [4.69, 9.17) is 10.8 Å². The van der Waals surface area contributed by atoms with Crippen molar-refractivity contribution in [2.45, 2.75) is 6.04 Å². The lowest BCUT2D eigenvalue weighted by Gasteiger charge is -2.12. The molecule has 0 heterocycles. The number of aliphatic hydroxyl groups is 1. The van der Waals surface area contributed by atoms with Crippen molar-refractivity contribution in [1.82, 2.24) is 5.32 Å². The molecular formula is C6H12N2O4. The van der Waals surface area contributed by atoms with E-state index in [9.17, 15) is 9.59 Å². The summed E-state index contributed by atoms with van der Waals surface area (Å²) < 4.78 is 4.29. The van der Waals surface area contributed by atoms with E-state index in [1.54, 1.807) is 0 Å². The predicted octanol–water partition coefficient (Wildman–Crippen LogP) is -2.40. The fraction of sp³-hybridized carbons (Fsp3) is 0.667. The minimum atomic E-state index is -1.02. The molecule has 1 amide bonds. The Labute approximate surface area is 69.7 Å². The average molecular weight is 176 g/mol. The first-order valence-corrected chi connectivity index (χ1v) is 3.33. The Hall–Kier alpha value is -1.14. The van der Waals surface area contributed by atoms with Gasteiger partial charge in [-0.05, 0) is 0 Å². The maximum Gasteiger partial charge on any atom is 0.330 e. The van der Waals surface area contributed by atoms with Crippen LogP contribution in [0.25, 0.3) is 0 Å². The highest BCUT2D eigenvalue weighted by molar-refractivity contribution is 5.85. The molecule has 0 aromatic carbocycles. The zero-order valence-electron chi connectivity index (χ0n) is 6.74. The quantitative estimate of drug-likeness (QED) is 0.414. The largest absolute Gasteiger partial charge is 0.467 e. The monoisotopic (exact) mass is 176 g/mol. The van der Waals surface area contributed by atoms with E-state index < -0.39 is 24.5 Å². The van der Waals surface area contributed by atoms with Crippen LogP contribution in [0.2, 0.25) is 0 Å². The van der Waals surface area contributed by atoms with Gasteiger partial charge in [-0.1, -0.05) is 0 Å². The molecule has 0 rings (SSSR count). The van der Waals surface area contributed by atoms with Crippen LogP contribution in [0, 0.1) is 0 Å². The van der Waals surface area contributed by atoms with Gasteiger partial charge in [-0.2, -0.15) is 0 Å². The molecule has 1 atom stereocenters. The number of ether oxygens (including phenoxy) is 1. The molecule has 6 nitrogen and oxygen atoms in total. The van der Waals surface area contributed by atoms with Crippen LogP contribution in [0.4, 0.5) is 0 Å². The van der Waals surface area contributed by atoms with Gasteiger partial charge in [0.25, 0.3) is 0 Å². The van der Waals surface area contributed by atoms with E-state index in [0.29, 0.717) is 0 Å². The Morgan fingerprint density at radius 1 is 1.67 bits per heavy atom. The number of methoxy groups -OCH3 is 1. The van der Waals surface area contributed by atoms with Gasteiger partial charge in [-0.15, -0.1) is 0 Å². The van der Waals surface area contributed by atoms with Gasteiger partial charge in [0.1, 0.15) is 0 Å². The lowest BCUT2D eigenvalue weighted by Crippen LogP contribution is -2.46. The van der Waals surface area contributed by atoms with Gasteiger partial charge in [0, 0.05) is 0 Å². The maximum atomic E-state index is 10.8. The number of aliphatic hydroxyl groups excluding tert-OH is 1. The molecule has 6 heteroatoms. The molecule has 0 aliphatic carbocycles. The summed E-state index contributed by atoms with van der Waals surface area (Å²) in [6.45, 7) is -0.730. The van der Waals surface area contributed by atoms with Crippen molar-refractivity contribution >= 4 is 11.9 Å². The van der Waals surface area contributed by atoms with Crippen LogP contribution in [-0.4, -0.2) is 43.3 Å². The molecular weight excluding hydrogens is 164 g/mol. The zero-order valence-corrected chi connectivity index (χ0v) is 6.74. The topological polar surface area (TPSA) is 102 Å². The lowest BCUT2D eigenvalue weighted by molar-refractivity contribution is -0.146.